The molecule has 0 atom stereocenters. The fraction of sp³-hybridized carbons (Fsp3) is 0.118. The second kappa shape index (κ2) is 7.09. The Labute approximate surface area is 133 Å². The molecule has 0 fully saturated rings. The molecule has 0 aliphatic rings. The van der Waals surface area contributed by atoms with Gasteiger partial charge in [-0.15, -0.1) is 0 Å². The number of hydrogen-bond acceptors (Lipinski definition) is 2. The van der Waals surface area contributed by atoms with Crippen LogP contribution in [0, 0.1) is 0 Å². The highest BCUT2D eigenvalue weighted by molar-refractivity contribution is 9.12. The quantitative estimate of drug-likeness (QED) is 0.846. The lowest BCUT2D eigenvalue weighted by atomic mass is 10.2. The van der Waals surface area contributed by atoms with E-state index in [2.05, 4.69) is 21.2 Å². The summed E-state index contributed by atoms with van der Waals surface area (Å²) in [4.78, 5) is 14.1. The number of nitrogens with one attached hydrogen (secondary N) is 1. The number of halogens is 1. The van der Waals surface area contributed by atoms with E-state index in [0.29, 0.717) is 4.48 Å². The van der Waals surface area contributed by atoms with Crippen LogP contribution >= 0.6 is 15.9 Å². The molecule has 2 aromatic carbocycles. The molecule has 3 nitrogen and oxygen atoms in total. The molecular formula is C17H17BrN2O. The summed E-state index contributed by atoms with van der Waals surface area (Å²) in [6.45, 7) is 0. The first-order valence-corrected chi connectivity index (χ1v) is 7.36. The van der Waals surface area contributed by atoms with Gasteiger partial charge in [0.1, 0.15) is 0 Å². The first-order valence-electron chi connectivity index (χ1n) is 6.57. The largest absolute Gasteiger partial charge is 0.378 e. The zero-order valence-electron chi connectivity index (χ0n) is 12.0. The Hall–Kier alpha value is -2.07. The molecule has 0 bridgehead atoms. The van der Waals surface area contributed by atoms with E-state index in [-0.39, 0.29) is 5.91 Å². The van der Waals surface area contributed by atoms with Gasteiger partial charge >= 0.3 is 0 Å². The lowest BCUT2D eigenvalue weighted by molar-refractivity contribution is -0.112. The van der Waals surface area contributed by atoms with Gasteiger partial charge < -0.3 is 10.2 Å². The maximum Gasteiger partial charge on any atom is 0.262 e. The minimum absolute atomic E-state index is 0.170. The van der Waals surface area contributed by atoms with E-state index < -0.39 is 0 Å². The molecule has 0 radical (unpaired) electrons. The van der Waals surface area contributed by atoms with Crippen molar-refractivity contribution in [1.29, 1.82) is 0 Å². The van der Waals surface area contributed by atoms with E-state index in [1.807, 2.05) is 73.6 Å². The van der Waals surface area contributed by atoms with E-state index in [1.165, 1.54) is 0 Å². The molecule has 4 heteroatoms. The van der Waals surface area contributed by atoms with Crippen molar-refractivity contribution in [3.05, 3.63) is 64.6 Å². The van der Waals surface area contributed by atoms with E-state index >= 15 is 0 Å². The van der Waals surface area contributed by atoms with Crippen molar-refractivity contribution in [2.24, 2.45) is 0 Å². The number of nitrogens with zero attached hydrogens (tertiary/aromatic N) is 1. The SMILES string of the molecule is CN(C)c1ccc(NC(=O)C(Br)=Cc2ccccc2)cc1. The van der Waals surface area contributed by atoms with Crippen molar-refractivity contribution in [3.63, 3.8) is 0 Å². The van der Waals surface area contributed by atoms with Gasteiger partial charge in [0.05, 0.1) is 4.48 Å². The Bertz CT molecular complexity index is 634. The lowest BCUT2D eigenvalue weighted by Crippen LogP contribution is -2.12. The second-order valence-electron chi connectivity index (χ2n) is 4.80. The van der Waals surface area contributed by atoms with Crippen LogP contribution in [0.25, 0.3) is 6.08 Å². The highest BCUT2D eigenvalue weighted by Crippen LogP contribution is 2.18. The molecule has 0 aliphatic heterocycles. The van der Waals surface area contributed by atoms with E-state index in [1.54, 1.807) is 6.08 Å². The van der Waals surface area contributed by atoms with Gasteiger partial charge in [-0.25, -0.2) is 0 Å². The molecule has 0 spiro atoms. The van der Waals surface area contributed by atoms with Crippen LogP contribution in [0.15, 0.2) is 59.1 Å². The molecule has 0 aromatic heterocycles. The maximum atomic E-state index is 12.1. The summed E-state index contributed by atoms with van der Waals surface area (Å²) < 4.78 is 0.491. The molecular weight excluding hydrogens is 328 g/mol. The summed E-state index contributed by atoms with van der Waals surface area (Å²) in [5.74, 6) is -0.170. The van der Waals surface area contributed by atoms with Crippen molar-refractivity contribution < 1.29 is 4.79 Å². The average Bonchev–Trinajstić information content (AvgIpc) is 2.48. The van der Waals surface area contributed by atoms with Gasteiger partial charge in [0, 0.05) is 25.5 Å². The summed E-state index contributed by atoms with van der Waals surface area (Å²) in [5, 5.41) is 2.86. The third kappa shape index (κ3) is 4.46. The lowest BCUT2D eigenvalue weighted by Gasteiger charge is -2.13. The van der Waals surface area contributed by atoms with E-state index in [0.717, 1.165) is 16.9 Å². The van der Waals surface area contributed by atoms with E-state index in [9.17, 15) is 4.79 Å². The topological polar surface area (TPSA) is 32.3 Å². The minimum atomic E-state index is -0.170. The van der Waals surface area contributed by atoms with Crippen LogP contribution in [0.2, 0.25) is 0 Å². The third-order valence-electron chi connectivity index (χ3n) is 2.95. The van der Waals surface area contributed by atoms with Crippen molar-refractivity contribution in [1.82, 2.24) is 0 Å². The van der Waals surface area contributed by atoms with Gasteiger partial charge in [-0.3, -0.25) is 4.79 Å². The van der Waals surface area contributed by atoms with Crippen LogP contribution in [0.1, 0.15) is 5.56 Å². The zero-order chi connectivity index (χ0) is 15.2. The van der Waals surface area contributed by atoms with E-state index in [4.69, 9.17) is 0 Å². The first-order chi connectivity index (χ1) is 10.1. The molecule has 0 saturated heterocycles. The predicted octanol–water partition coefficient (Wildman–Crippen LogP) is 4.13. The van der Waals surface area contributed by atoms with Gasteiger partial charge in [0.15, 0.2) is 0 Å². The monoisotopic (exact) mass is 344 g/mol. The summed E-state index contributed by atoms with van der Waals surface area (Å²) >= 11 is 3.32. The van der Waals surface area contributed by atoms with Crippen LogP contribution in [-0.2, 0) is 4.79 Å². The van der Waals surface area contributed by atoms with Gasteiger partial charge in [-0.2, -0.15) is 0 Å². The Morgan fingerprint density at radius 3 is 2.24 bits per heavy atom. The second-order valence-corrected chi connectivity index (χ2v) is 5.65. The Morgan fingerprint density at radius 1 is 1.05 bits per heavy atom. The van der Waals surface area contributed by atoms with Crippen LogP contribution < -0.4 is 10.2 Å². The van der Waals surface area contributed by atoms with Crippen LogP contribution in [0.3, 0.4) is 0 Å². The summed E-state index contributed by atoms with van der Waals surface area (Å²) in [6, 6.07) is 17.4. The smallest absolute Gasteiger partial charge is 0.262 e. The normalized spacial score (nSPS) is 11.1. The number of carbonyl (C=O) groups excluding carboxylic acids is 1. The Morgan fingerprint density at radius 2 is 1.67 bits per heavy atom. The summed E-state index contributed by atoms with van der Waals surface area (Å²) in [6.07, 6.45) is 1.80. The predicted molar refractivity (Wildman–Crippen MR) is 92.7 cm³/mol. The molecule has 2 aromatic rings. The molecule has 21 heavy (non-hydrogen) atoms. The Balaban J connectivity index is 2.05. The minimum Gasteiger partial charge on any atom is -0.378 e. The molecule has 1 N–H and O–H groups in total. The standard InChI is InChI=1S/C17H17BrN2O/c1-20(2)15-10-8-14(9-11-15)19-17(21)16(18)12-13-6-4-3-5-7-13/h3-12H,1-2H3,(H,19,21). The van der Waals surface area contributed by atoms with Crippen LogP contribution in [-0.4, -0.2) is 20.0 Å². The maximum absolute atomic E-state index is 12.1. The molecule has 0 aliphatic carbocycles. The number of amides is 1. The molecule has 2 rings (SSSR count). The highest BCUT2D eigenvalue weighted by Gasteiger charge is 2.07. The highest BCUT2D eigenvalue weighted by atomic mass is 79.9. The molecule has 108 valence electrons. The number of anilines is 2. The van der Waals surface area contributed by atoms with Crippen molar-refractivity contribution in [2.75, 3.05) is 24.3 Å². The van der Waals surface area contributed by atoms with Gasteiger partial charge in [-0.05, 0) is 51.8 Å². The number of rotatable bonds is 4. The fourth-order valence-corrected chi connectivity index (χ4v) is 2.16. The number of hydrogen-bond donors (Lipinski definition) is 1. The molecule has 0 saturated carbocycles. The Kier molecular flexibility index (Phi) is 5.17. The van der Waals surface area contributed by atoms with Crippen molar-refractivity contribution in [3.8, 4) is 0 Å². The fourth-order valence-electron chi connectivity index (χ4n) is 1.79. The number of carbonyl (C=O) groups is 1. The zero-order valence-corrected chi connectivity index (χ0v) is 13.6. The average molecular weight is 345 g/mol. The number of benzene rings is 2. The van der Waals surface area contributed by atoms with Crippen LogP contribution in [0.4, 0.5) is 11.4 Å². The van der Waals surface area contributed by atoms with Crippen LogP contribution in [0.5, 0.6) is 0 Å². The van der Waals surface area contributed by atoms with Gasteiger partial charge in [-0.1, -0.05) is 30.3 Å². The first kappa shape index (κ1) is 15.3. The molecule has 1 amide bonds. The summed E-state index contributed by atoms with van der Waals surface area (Å²) in [7, 11) is 3.96. The summed E-state index contributed by atoms with van der Waals surface area (Å²) in [5.41, 5.74) is 2.83. The molecule has 0 heterocycles. The van der Waals surface area contributed by atoms with Crippen molar-refractivity contribution in [2.45, 2.75) is 0 Å². The van der Waals surface area contributed by atoms with Gasteiger partial charge in [0.25, 0.3) is 5.91 Å². The van der Waals surface area contributed by atoms with Gasteiger partial charge in [0.2, 0.25) is 0 Å². The third-order valence-corrected chi connectivity index (χ3v) is 3.54. The molecule has 0 unspecified atom stereocenters. The van der Waals surface area contributed by atoms with Crippen molar-refractivity contribution >= 4 is 39.3 Å².